The predicted molar refractivity (Wildman–Crippen MR) is 60.2 cm³/mol. The summed E-state index contributed by atoms with van der Waals surface area (Å²) >= 11 is 0. The van der Waals surface area contributed by atoms with Gasteiger partial charge < -0.3 is 24.3 Å². The van der Waals surface area contributed by atoms with Crippen molar-refractivity contribution in [1.29, 1.82) is 0 Å². The molecule has 1 saturated heterocycles. The minimum absolute atomic E-state index is 0.0896. The van der Waals surface area contributed by atoms with Crippen molar-refractivity contribution < 1.29 is 18.9 Å². The number of hydrogen-bond acceptors (Lipinski definition) is 5. The van der Waals surface area contributed by atoms with Crippen LogP contribution in [0, 0.1) is 0 Å². The quantitative estimate of drug-likeness (QED) is 0.686. The lowest BCUT2D eigenvalue weighted by molar-refractivity contribution is -0.140. The summed E-state index contributed by atoms with van der Waals surface area (Å²) < 4.78 is 21.5. The molecule has 0 aliphatic carbocycles. The molecule has 1 aliphatic rings. The normalized spacial score (nSPS) is 26.2. The van der Waals surface area contributed by atoms with Crippen LogP contribution in [-0.2, 0) is 18.9 Å². The van der Waals surface area contributed by atoms with Crippen LogP contribution in [0.2, 0.25) is 0 Å². The molecule has 0 aromatic carbocycles. The monoisotopic (exact) mass is 233 g/mol. The zero-order valence-electron chi connectivity index (χ0n) is 10.8. The minimum atomic E-state index is -0.461. The van der Waals surface area contributed by atoms with E-state index >= 15 is 0 Å². The maximum Gasteiger partial charge on any atom is 0.171 e. The Labute approximate surface area is 97.4 Å². The van der Waals surface area contributed by atoms with Crippen LogP contribution in [0.5, 0.6) is 0 Å². The molecule has 5 heteroatoms. The molecule has 2 atom stereocenters. The lowest BCUT2D eigenvalue weighted by Gasteiger charge is -2.24. The molecule has 5 nitrogen and oxygen atoms in total. The summed E-state index contributed by atoms with van der Waals surface area (Å²) in [6.07, 6.45) is -0.151. The summed E-state index contributed by atoms with van der Waals surface area (Å²) in [5.74, 6) is -0.461. The first-order valence-corrected chi connectivity index (χ1v) is 5.59. The van der Waals surface area contributed by atoms with Crippen molar-refractivity contribution >= 4 is 0 Å². The van der Waals surface area contributed by atoms with Crippen molar-refractivity contribution in [2.45, 2.75) is 45.0 Å². The van der Waals surface area contributed by atoms with E-state index in [0.29, 0.717) is 6.61 Å². The molecule has 1 rings (SSSR count). The molecule has 0 radical (unpaired) electrons. The highest BCUT2D eigenvalue weighted by atomic mass is 16.7. The third-order valence-electron chi connectivity index (χ3n) is 2.61. The highest BCUT2D eigenvalue weighted by molar-refractivity contribution is 4.75. The molecule has 2 unspecified atom stereocenters. The Kier molecular flexibility index (Phi) is 5.14. The van der Waals surface area contributed by atoms with Gasteiger partial charge in [-0.25, -0.2) is 0 Å². The first-order valence-electron chi connectivity index (χ1n) is 5.59. The van der Waals surface area contributed by atoms with E-state index in [1.165, 1.54) is 0 Å². The second-order valence-electron chi connectivity index (χ2n) is 4.49. The van der Waals surface area contributed by atoms with Crippen molar-refractivity contribution in [3.05, 3.63) is 0 Å². The van der Waals surface area contributed by atoms with Gasteiger partial charge in [0.05, 0.1) is 18.8 Å². The number of hydrogen-bond donors (Lipinski definition) is 1. The Hall–Kier alpha value is -0.200. The van der Waals surface area contributed by atoms with Crippen molar-refractivity contribution in [1.82, 2.24) is 5.32 Å². The Morgan fingerprint density at radius 1 is 1.38 bits per heavy atom. The molecule has 96 valence electrons. The summed E-state index contributed by atoms with van der Waals surface area (Å²) in [4.78, 5) is 0. The number of methoxy groups -OCH3 is 2. The lowest BCUT2D eigenvalue weighted by atomic mass is 10.3. The van der Waals surface area contributed by atoms with Crippen LogP contribution in [0.15, 0.2) is 0 Å². The van der Waals surface area contributed by atoms with Gasteiger partial charge in [-0.1, -0.05) is 0 Å². The summed E-state index contributed by atoms with van der Waals surface area (Å²) in [6, 6.07) is 0.113. The van der Waals surface area contributed by atoms with E-state index in [4.69, 9.17) is 18.9 Å². The van der Waals surface area contributed by atoms with E-state index in [2.05, 4.69) is 5.32 Å². The summed E-state index contributed by atoms with van der Waals surface area (Å²) in [5, 5.41) is 3.31. The molecular formula is C11H23NO4. The van der Waals surface area contributed by atoms with E-state index in [1.54, 1.807) is 14.2 Å². The zero-order chi connectivity index (χ0) is 12.2. The van der Waals surface area contributed by atoms with Crippen molar-refractivity contribution in [3.63, 3.8) is 0 Å². The number of nitrogens with one attached hydrogen (secondary N) is 1. The van der Waals surface area contributed by atoms with Gasteiger partial charge in [0.15, 0.2) is 12.1 Å². The maximum absolute atomic E-state index is 5.68. The van der Waals surface area contributed by atoms with Crippen molar-refractivity contribution in [2.75, 3.05) is 27.4 Å². The van der Waals surface area contributed by atoms with E-state index in [0.717, 1.165) is 6.54 Å². The first-order chi connectivity index (χ1) is 7.48. The zero-order valence-corrected chi connectivity index (χ0v) is 10.8. The molecule has 0 spiro atoms. The number of rotatable bonds is 6. The minimum Gasteiger partial charge on any atom is -0.354 e. The molecule has 0 aromatic rings. The Balaban J connectivity index is 2.24. The molecular weight excluding hydrogens is 210 g/mol. The van der Waals surface area contributed by atoms with Crippen LogP contribution in [0.1, 0.15) is 20.8 Å². The van der Waals surface area contributed by atoms with Gasteiger partial charge >= 0.3 is 0 Å². The topological polar surface area (TPSA) is 49.0 Å². The van der Waals surface area contributed by atoms with Crippen molar-refractivity contribution in [2.24, 2.45) is 0 Å². The Bertz CT molecular complexity index is 204. The average Bonchev–Trinajstić information content (AvgIpc) is 2.57. The van der Waals surface area contributed by atoms with Crippen LogP contribution in [0.25, 0.3) is 0 Å². The molecule has 1 N–H and O–H groups in total. The van der Waals surface area contributed by atoms with Gasteiger partial charge in [0.25, 0.3) is 0 Å². The summed E-state index contributed by atoms with van der Waals surface area (Å²) in [7, 11) is 3.26. The van der Waals surface area contributed by atoms with Gasteiger partial charge in [0.2, 0.25) is 0 Å². The average molecular weight is 233 g/mol. The fourth-order valence-electron chi connectivity index (χ4n) is 1.78. The van der Waals surface area contributed by atoms with E-state index in [-0.39, 0.29) is 18.4 Å². The molecule has 0 saturated carbocycles. The van der Waals surface area contributed by atoms with Gasteiger partial charge in [0, 0.05) is 20.8 Å². The largest absolute Gasteiger partial charge is 0.354 e. The standard InChI is InChI=1S/C11H23NO4/c1-8(10(13-4)14-5)12-6-9-7-15-11(2,3)16-9/h8-10,12H,6-7H2,1-5H3. The third kappa shape index (κ3) is 3.99. The molecule has 0 aromatic heterocycles. The fourth-order valence-corrected chi connectivity index (χ4v) is 1.78. The molecule has 0 bridgehead atoms. The van der Waals surface area contributed by atoms with Crippen molar-refractivity contribution in [3.8, 4) is 0 Å². The van der Waals surface area contributed by atoms with Gasteiger partial charge in [-0.2, -0.15) is 0 Å². The molecule has 1 fully saturated rings. The lowest BCUT2D eigenvalue weighted by Crippen LogP contribution is -2.43. The molecule has 16 heavy (non-hydrogen) atoms. The fraction of sp³-hybridized carbons (Fsp3) is 1.00. The van der Waals surface area contributed by atoms with Crippen LogP contribution >= 0.6 is 0 Å². The van der Waals surface area contributed by atoms with Gasteiger partial charge in [-0.15, -0.1) is 0 Å². The van der Waals surface area contributed by atoms with Crippen LogP contribution in [0.3, 0.4) is 0 Å². The molecule has 0 amide bonds. The second-order valence-corrected chi connectivity index (χ2v) is 4.49. The van der Waals surface area contributed by atoms with E-state index in [1.807, 2.05) is 20.8 Å². The maximum atomic E-state index is 5.68. The second kappa shape index (κ2) is 5.93. The third-order valence-corrected chi connectivity index (χ3v) is 2.61. The number of ether oxygens (including phenoxy) is 4. The van der Waals surface area contributed by atoms with Gasteiger partial charge in [-0.05, 0) is 20.8 Å². The van der Waals surface area contributed by atoms with E-state index in [9.17, 15) is 0 Å². The summed E-state index contributed by atoms with van der Waals surface area (Å²) in [5.41, 5.74) is 0. The van der Waals surface area contributed by atoms with Crippen LogP contribution in [-0.4, -0.2) is 51.6 Å². The predicted octanol–water partition coefficient (Wildman–Crippen LogP) is 0.735. The van der Waals surface area contributed by atoms with Gasteiger partial charge in [0.1, 0.15) is 0 Å². The Morgan fingerprint density at radius 3 is 2.44 bits per heavy atom. The van der Waals surface area contributed by atoms with Crippen LogP contribution < -0.4 is 5.32 Å². The Morgan fingerprint density at radius 2 is 2.00 bits per heavy atom. The highest BCUT2D eigenvalue weighted by Crippen LogP contribution is 2.21. The smallest absolute Gasteiger partial charge is 0.171 e. The highest BCUT2D eigenvalue weighted by Gasteiger charge is 2.32. The first kappa shape index (κ1) is 13.9. The van der Waals surface area contributed by atoms with Gasteiger partial charge in [-0.3, -0.25) is 0 Å². The summed E-state index contributed by atoms with van der Waals surface area (Å²) in [6.45, 7) is 7.21. The van der Waals surface area contributed by atoms with Crippen LogP contribution in [0.4, 0.5) is 0 Å². The molecule has 1 heterocycles. The SMILES string of the molecule is COC(OC)C(C)NCC1COC(C)(C)O1. The van der Waals surface area contributed by atoms with E-state index < -0.39 is 5.79 Å². The molecule has 1 aliphatic heterocycles.